The molecule has 266 valence electrons. The first-order valence-corrected chi connectivity index (χ1v) is 19.0. The summed E-state index contributed by atoms with van der Waals surface area (Å²) in [4.78, 5) is 25.8. The molecule has 0 saturated heterocycles. The first-order valence-electron chi connectivity index (χ1n) is 19.0. The van der Waals surface area contributed by atoms with Crippen molar-refractivity contribution in [1.82, 2.24) is 29.3 Å². The highest BCUT2D eigenvalue weighted by Gasteiger charge is 2.21. The topological polar surface area (TPSA) is 68.9 Å². The normalized spacial score (nSPS) is 11.5. The molecule has 0 radical (unpaired) electrons. The van der Waals surface area contributed by atoms with Crippen molar-refractivity contribution in [2.45, 2.75) is 0 Å². The third-order valence-electron chi connectivity index (χ3n) is 10.6. The summed E-state index contributed by atoms with van der Waals surface area (Å²) in [6.07, 6.45) is 0. The molecule has 0 spiro atoms. The minimum atomic E-state index is 0.592. The van der Waals surface area contributed by atoms with E-state index in [1.54, 1.807) is 0 Å². The maximum atomic E-state index is 5.29. The number of aromatic nitrogens is 6. The van der Waals surface area contributed by atoms with Crippen molar-refractivity contribution in [2.75, 3.05) is 0 Å². The van der Waals surface area contributed by atoms with E-state index >= 15 is 0 Å². The monoisotopic (exact) mass is 728 g/mol. The molecule has 3 aromatic heterocycles. The van der Waals surface area contributed by atoms with E-state index in [0.717, 1.165) is 72.1 Å². The lowest BCUT2D eigenvalue weighted by molar-refractivity contribution is 1.05. The Labute approximate surface area is 328 Å². The van der Waals surface area contributed by atoms with E-state index in [2.05, 4.69) is 186 Å². The Kier molecular flexibility index (Phi) is 7.71. The van der Waals surface area contributed by atoms with Gasteiger partial charge in [0.25, 0.3) is 0 Å². The summed E-state index contributed by atoms with van der Waals surface area (Å²) in [7, 11) is 0. The fraction of sp³-hybridized carbons (Fsp3) is 0. The largest absolute Gasteiger partial charge is 0.277 e. The molecule has 11 rings (SSSR count). The van der Waals surface area contributed by atoms with Gasteiger partial charge in [-0.25, -0.2) is 24.9 Å². The molecule has 8 aromatic carbocycles. The highest BCUT2D eigenvalue weighted by atomic mass is 15.1. The van der Waals surface area contributed by atoms with Crippen LogP contribution in [0, 0.1) is 0 Å². The fourth-order valence-corrected chi connectivity index (χ4v) is 7.80. The van der Waals surface area contributed by atoms with Crippen LogP contribution in [0.5, 0.6) is 0 Å². The Morgan fingerprint density at radius 1 is 0.281 bits per heavy atom. The van der Waals surface area contributed by atoms with Crippen LogP contribution >= 0.6 is 0 Å². The highest BCUT2D eigenvalue weighted by molar-refractivity contribution is 6.06. The minimum Gasteiger partial charge on any atom is -0.277 e. The van der Waals surface area contributed by atoms with Gasteiger partial charge in [-0.05, 0) is 39.2 Å². The molecule has 0 atom stereocenters. The Bertz CT molecular complexity index is 3190. The van der Waals surface area contributed by atoms with Crippen molar-refractivity contribution in [3.8, 4) is 68.2 Å². The smallest absolute Gasteiger partial charge is 0.164 e. The van der Waals surface area contributed by atoms with Crippen LogP contribution < -0.4 is 0 Å². The van der Waals surface area contributed by atoms with E-state index in [4.69, 9.17) is 24.9 Å². The van der Waals surface area contributed by atoms with E-state index in [1.807, 2.05) is 12.1 Å². The Hall–Kier alpha value is -7.83. The third-order valence-corrected chi connectivity index (χ3v) is 10.6. The van der Waals surface area contributed by atoms with E-state index in [1.165, 1.54) is 10.8 Å². The van der Waals surface area contributed by atoms with Gasteiger partial charge in [-0.2, -0.15) is 0 Å². The maximum absolute atomic E-state index is 5.29. The zero-order valence-corrected chi connectivity index (χ0v) is 30.7. The lowest BCUT2D eigenvalue weighted by Crippen LogP contribution is -2.03. The van der Waals surface area contributed by atoms with Gasteiger partial charge in [0.05, 0.1) is 5.69 Å². The zero-order valence-electron chi connectivity index (χ0n) is 30.7. The number of fused-ring (bicyclic) bond motifs is 5. The van der Waals surface area contributed by atoms with Crippen LogP contribution in [0.25, 0.3) is 106 Å². The number of hydrogen-bond acceptors (Lipinski definition) is 5. The molecule has 0 bridgehead atoms. The Morgan fingerprint density at radius 2 is 0.702 bits per heavy atom. The fourth-order valence-electron chi connectivity index (χ4n) is 7.80. The van der Waals surface area contributed by atoms with Gasteiger partial charge in [0, 0.05) is 38.6 Å². The second-order valence-electron chi connectivity index (χ2n) is 14.2. The van der Waals surface area contributed by atoms with E-state index in [-0.39, 0.29) is 0 Å². The van der Waals surface area contributed by atoms with E-state index in [9.17, 15) is 0 Å². The summed E-state index contributed by atoms with van der Waals surface area (Å²) in [5.74, 6) is 3.30. The van der Waals surface area contributed by atoms with Crippen molar-refractivity contribution < 1.29 is 0 Å². The standard InChI is InChI=1S/C51H32N6/c1-3-15-35(16-4-1)45-43-21-11-12-22-44(43)51-56-47(55-50(57(45)51)38-17-5-2-6-18-38)37-27-25-36(26-28-37)46-52-48(41-29-23-33-13-7-9-19-39(33)31-41)54-49(53-46)42-30-24-34-14-8-10-20-40(34)32-42/h1-32H. The first-order chi connectivity index (χ1) is 28.2. The van der Waals surface area contributed by atoms with Crippen molar-refractivity contribution >= 4 is 38.0 Å². The molecule has 0 fully saturated rings. The number of hydrogen-bond donors (Lipinski definition) is 0. The van der Waals surface area contributed by atoms with Gasteiger partial charge < -0.3 is 0 Å². The van der Waals surface area contributed by atoms with Crippen LogP contribution in [0.1, 0.15) is 0 Å². The lowest BCUT2D eigenvalue weighted by Gasteiger charge is -2.12. The average Bonchev–Trinajstić information content (AvgIpc) is 3.63. The van der Waals surface area contributed by atoms with Gasteiger partial charge >= 0.3 is 0 Å². The van der Waals surface area contributed by atoms with Crippen molar-refractivity contribution in [3.05, 3.63) is 194 Å². The molecule has 0 unspecified atom stereocenters. The van der Waals surface area contributed by atoms with E-state index in [0.29, 0.717) is 23.3 Å². The van der Waals surface area contributed by atoms with Crippen LogP contribution in [-0.2, 0) is 0 Å². The number of nitrogens with zero attached hydrogens (tertiary/aromatic N) is 6. The molecule has 6 heteroatoms. The summed E-state index contributed by atoms with van der Waals surface area (Å²) in [6.45, 7) is 0. The molecule has 0 aliphatic rings. The van der Waals surface area contributed by atoms with Gasteiger partial charge in [-0.3, -0.25) is 4.40 Å². The molecule has 0 amide bonds. The summed E-state index contributed by atoms with van der Waals surface area (Å²) >= 11 is 0. The highest BCUT2D eigenvalue weighted by Crippen LogP contribution is 2.38. The molecule has 11 aromatic rings. The van der Waals surface area contributed by atoms with Crippen LogP contribution in [0.3, 0.4) is 0 Å². The predicted molar refractivity (Wildman–Crippen MR) is 232 cm³/mol. The molecule has 57 heavy (non-hydrogen) atoms. The number of benzene rings is 8. The van der Waals surface area contributed by atoms with Crippen molar-refractivity contribution in [2.24, 2.45) is 0 Å². The second kappa shape index (κ2) is 13.5. The summed E-state index contributed by atoms with van der Waals surface area (Å²) in [5, 5.41) is 6.80. The Balaban J connectivity index is 1.06. The summed E-state index contributed by atoms with van der Waals surface area (Å²) < 4.78 is 2.21. The molecule has 0 aliphatic heterocycles. The van der Waals surface area contributed by atoms with Crippen molar-refractivity contribution in [1.29, 1.82) is 0 Å². The van der Waals surface area contributed by atoms with Crippen LogP contribution in [0.15, 0.2) is 194 Å². The van der Waals surface area contributed by atoms with Gasteiger partial charge in [-0.1, -0.05) is 182 Å². The van der Waals surface area contributed by atoms with Gasteiger partial charge in [0.2, 0.25) is 0 Å². The second-order valence-corrected chi connectivity index (χ2v) is 14.2. The Morgan fingerprint density at radius 3 is 1.26 bits per heavy atom. The van der Waals surface area contributed by atoms with Crippen LogP contribution in [-0.4, -0.2) is 29.3 Å². The van der Waals surface area contributed by atoms with Gasteiger partial charge in [0.15, 0.2) is 23.3 Å². The third kappa shape index (κ3) is 5.79. The van der Waals surface area contributed by atoms with Gasteiger partial charge in [0.1, 0.15) is 11.5 Å². The molecular weight excluding hydrogens is 697 g/mol. The molecule has 6 nitrogen and oxygen atoms in total. The zero-order chi connectivity index (χ0) is 37.7. The predicted octanol–water partition coefficient (Wildman–Crippen LogP) is 12.4. The van der Waals surface area contributed by atoms with Gasteiger partial charge in [-0.15, -0.1) is 0 Å². The van der Waals surface area contributed by atoms with E-state index < -0.39 is 0 Å². The lowest BCUT2D eigenvalue weighted by atomic mass is 10.1. The maximum Gasteiger partial charge on any atom is 0.164 e. The first kappa shape index (κ1) is 32.6. The summed E-state index contributed by atoms with van der Waals surface area (Å²) in [5.41, 5.74) is 7.66. The van der Waals surface area contributed by atoms with Crippen molar-refractivity contribution in [3.63, 3.8) is 0 Å². The SMILES string of the molecule is c1ccc(-c2nc(-c3ccc(-c4nc(-c5ccc6ccccc6c5)nc(-c5ccc6ccccc6c5)n4)cc3)nc3c4ccccc4c(-c4ccccc4)n23)cc1. The molecular formula is C51H32N6. The number of rotatable bonds is 6. The molecule has 0 aliphatic carbocycles. The summed E-state index contributed by atoms with van der Waals surface area (Å²) in [6, 6.07) is 66.9. The molecule has 0 N–H and O–H groups in total. The van der Waals surface area contributed by atoms with Crippen LogP contribution in [0.2, 0.25) is 0 Å². The molecule has 3 heterocycles. The quantitative estimate of drug-likeness (QED) is 0.170. The van der Waals surface area contributed by atoms with Crippen LogP contribution in [0.4, 0.5) is 0 Å². The molecule has 0 saturated carbocycles. The minimum absolute atomic E-state index is 0.592. The average molecular weight is 729 g/mol.